The van der Waals surface area contributed by atoms with E-state index in [0.29, 0.717) is 17.8 Å². The summed E-state index contributed by atoms with van der Waals surface area (Å²) in [5.74, 6) is -1.44. The van der Waals surface area contributed by atoms with Gasteiger partial charge in [0.2, 0.25) is 0 Å². The predicted molar refractivity (Wildman–Crippen MR) is 106 cm³/mol. The van der Waals surface area contributed by atoms with E-state index in [4.69, 9.17) is 9.15 Å². The summed E-state index contributed by atoms with van der Waals surface area (Å²) in [5, 5.41) is 12.7. The molecule has 152 valence electrons. The van der Waals surface area contributed by atoms with Crippen molar-refractivity contribution in [3.63, 3.8) is 0 Å². The molecule has 3 atom stereocenters. The van der Waals surface area contributed by atoms with Gasteiger partial charge in [0.15, 0.2) is 6.10 Å². The summed E-state index contributed by atoms with van der Waals surface area (Å²) in [5.41, 5.74) is 0.866. The van der Waals surface area contributed by atoms with Crippen molar-refractivity contribution in [1.29, 1.82) is 0 Å². The summed E-state index contributed by atoms with van der Waals surface area (Å²) in [4.78, 5) is 35.5. The fraction of sp³-hybridized carbons (Fsp3) is 0.476. The molecule has 0 aliphatic rings. The summed E-state index contributed by atoms with van der Waals surface area (Å²) < 4.78 is 10.9. The number of hydrogen-bond acceptors (Lipinski definition) is 5. The molecule has 0 saturated heterocycles. The van der Waals surface area contributed by atoms with Crippen molar-refractivity contribution in [3.05, 3.63) is 40.2 Å². The van der Waals surface area contributed by atoms with Crippen molar-refractivity contribution in [2.24, 2.45) is 5.92 Å². The van der Waals surface area contributed by atoms with E-state index in [1.165, 1.54) is 6.07 Å². The molecule has 0 aliphatic heterocycles. The normalized spacial score (nSPS) is 14.3. The van der Waals surface area contributed by atoms with Crippen LogP contribution >= 0.6 is 0 Å². The first kappa shape index (κ1) is 21.5. The summed E-state index contributed by atoms with van der Waals surface area (Å²) >= 11 is 0. The zero-order valence-electron chi connectivity index (χ0n) is 16.7. The number of aryl methyl sites for hydroxylation is 1. The summed E-state index contributed by atoms with van der Waals surface area (Å²) in [7, 11) is 0. The van der Waals surface area contributed by atoms with Gasteiger partial charge in [-0.1, -0.05) is 33.6 Å². The van der Waals surface area contributed by atoms with Gasteiger partial charge < -0.3 is 19.6 Å². The number of carbonyl (C=O) groups excluding carboxylic acids is 1. The summed E-state index contributed by atoms with van der Waals surface area (Å²) in [6.45, 7) is 7.20. The van der Waals surface area contributed by atoms with Gasteiger partial charge in [0.05, 0.1) is 0 Å². The number of carboxylic acid groups (broad SMARTS) is 1. The number of ether oxygens (including phenoxy) is 1. The third-order valence-corrected chi connectivity index (χ3v) is 4.78. The van der Waals surface area contributed by atoms with Gasteiger partial charge in [-0.15, -0.1) is 0 Å². The Kier molecular flexibility index (Phi) is 7.20. The predicted octanol–water partition coefficient (Wildman–Crippen LogP) is 3.13. The van der Waals surface area contributed by atoms with Crippen molar-refractivity contribution in [3.8, 4) is 5.75 Å². The van der Waals surface area contributed by atoms with Gasteiger partial charge in [-0.2, -0.15) is 0 Å². The van der Waals surface area contributed by atoms with Crippen LogP contribution in [0.1, 0.15) is 46.1 Å². The van der Waals surface area contributed by atoms with Gasteiger partial charge in [0.1, 0.15) is 17.4 Å². The van der Waals surface area contributed by atoms with Crippen LogP contribution in [0.3, 0.4) is 0 Å². The molecule has 7 heteroatoms. The monoisotopic (exact) mass is 389 g/mol. The molecular formula is C21H27NO6. The van der Waals surface area contributed by atoms with E-state index < -0.39 is 29.6 Å². The second-order valence-electron chi connectivity index (χ2n) is 6.97. The maximum absolute atomic E-state index is 12.4. The van der Waals surface area contributed by atoms with E-state index >= 15 is 0 Å². The largest absolute Gasteiger partial charge is 0.481 e. The first-order chi connectivity index (χ1) is 13.3. The Morgan fingerprint density at radius 1 is 1.21 bits per heavy atom. The molecule has 0 radical (unpaired) electrons. The second kappa shape index (κ2) is 9.39. The zero-order chi connectivity index (χ0) is 20.8. The van der Waals surface area contributed by atoms with Gasteiger partial charge >= 0.3 is 11.6 Å². The molecule has 0 spiro atoms. The number of benzene rings is 1. The third-order valence-electron chi connectivity index (χ3n) is 4.78. The Labute approximate surface area is 163 Å². The van der Waals surface area contributed by atoms with Gasteiger partial charge in [-0.25, -0.2) is 9.59 Å². The molecule has 28 heavy (non-hydrogen) atoms. The summed E-state index contributed by atoms with van der Waals surface area (Å²) in [6.07, 6.45) is 1.37. The standard InChI is InChI=1S/C21H27NO6/c1-5-7-14-10-18(23)28-17-11-15(8-9-16(14)17)27-13(4)20(24)22-19(21(25)26)12(3)6-2/h8-13,19H,5-7H2,1-4H3,(H,22,24)(H,25,26)/t12-,13-,19-/m1/s1. The molecule has 2 N–H and O–H groups in total. The van der Waals surface area contributed by atoms with Crippen LogP contribution < -0.4 is 15.7 Å². The molecule has 0 aliphatic carbocycles. The smallest absolute Gasteiger partial charge is 0.336 e. The maximum atomic E-state index is 12.4. The molecule has 0 bridgehead atoms. The SMILES string of the molecule is CCCc1cc(=O)oc2cc(O[C@H](C)C(=O)N[C@@H](C(=O)O)[C@H](C)CC)ccc12. The quantitative estimate of drug-likeness (QED) is 0.638. The highest BCUT2D eigenvalue weighted by atomic mass is 16.5. The molecule has 0 saturated carbocycles. The lowest BCUT2D eigenvalue weighted by molar-refractivity contribution is -0.144. The van der Waals surface area contributed by atoms with Gasteiger partial charge in [-0.05, 0) is 37.0 Å². The average Bonchev–Trinajstić information content (AvgIpc) is 2.64. The number of carboxylic acids is 1. The summed E-state index contributed by atoms with van der Waals surface area (Å²) in [6, 6.07) is 5.58. The van der Waals surface area contributed by atoms with Crippen LogP contribution in [0.4, 0.5) is 0 Å². The number of carbonyl (C=O) groups is 2. The van der Waals surface area contributed by atoms with E-state index in [0.717, 1.165) is 23.8 Å². The van der Waals surface area contributed by atoms with Crippen molar-refractivity contribution in [1.82, 2.24) is 5.32 Å². The Bertz CT molecular complexity index is 903. The molecule has 1 aromatic carbocycles. The molecule has 7 nitrogen and oxygen atoms in total. The number of hydrogen-bond donors (Lipinski definition) is 2. The lowest BCUT2D eigenvalue weighted by atomic mass is 9.99. The van der Waals surface area contributed by atoms with Gasteiger partial charge in [-0.3, -0.25) is 4.79 Å². The van der Waals surface area contributed by atoms with Crippen LogP contribution in [0.15, 0.2) is 33.5 Å². The number of nitrogens with one attached hydrogen (secondary N) is 1. The Morgan fingerprint density at radius 2 is 1.93 bits per heavy atom. The Hall–Kier alpha value is -2.83. The number of aliphatic carboxylic acids is 1. The molecular weight excluding hydrogens is 362 g/mol. The number of rotatable bonds is 9. The van der Waals surface area contributed by atoms with Gasteiger partial charge in [0, 0.05) is 17.5 Å². The van der Waals surface area contributed by atoms with E-state index in [-0.39, 0.29) is 5.92 Å². The van der Waals surface area contributed by atoms with E-state index in [9.17, 15) is 19.5 Å². The molecule has 1 heterocycles. The average molecular weight is 389 g/mol. The zero-order valence-corrected chi connectivity index (χ0v) is 16.7. The molecule has 1 amide bonds. The number of fused-ring (bicyclic) bond motifs is 1. The molecule has 0 fully saturated rings. The van der Waals surface area contributed by atoms with Crippen LogP contribution in [-0.2, 0) is 16.0 Å². The van der Waals surface area contributed by atoms with Crippen molar-refractivity contribution in [2.75, 3.05) is 0 Å². The van der Waals surface area contributed by atoms with Crippen molar-refractivity contribution >= 4 is 22.8 Å². The Morgan fingerprint density at radius 3 is 2.54 bits per heavy atom. The Balaban J connectivity index is 2.18. The van der Waals surface area contributed by atoms with Gasteiger partial charge in [0.25, 0.3) is 5.91 Å². The third kappa shape index (κ3) is 5.12. The highest BCUT2D eigenvalue weighted by molar-refractivity contribution is 5.86. The highest BCUT2D eigenvalue weighted by Gasteiger charge is 2.28. The fourth-order valence-electron chi connectivity index (χ4n) is 2.97. The van der Waals surface area contributed by atoms with Crippen LogP contribution in [0.25, 0.3) is 11.0 Å². The molecule has 1 aromatic heterocycles. The molecule has 2 aromatic rings. The lowest BCUT2D eigenvalue weighted by Gasteiger charge is -2.22. The lowest BCUT2D eigenvalue weighted by Crippen LogP contribution is -2.49. The first-order valence-electron chi connectivity index (χ1n) is 9.53. The minimum Gasteiger partial charge on any atom is -0.481 e. The van der Waals surface area contributed by atoms with Crippen molar-refractivity contribution < 1.29 is 23.8 Å². The van der Waals surface area contributed by atoms with Crippen LogP contribution in [0, 0.1) is 5.92 Å². The maximum Gasteiger partial charge on any atom is 0.336 e. The second-order valence-corrected chi connectivity index (χ2v) is 6.97. The highest BCUT2D eigenvalue weighted by Crippen LogP contribution is 2.24. The topological polar surface area (TPSA) is 106 Å². The first-order valence-corrected chi connectivity index (χ1v) is 9.53. The van der Waals surface area contributed by atoms with Crippen molar-refractivity contribution in [2.45, 2.75) is 59.1 Å². The van der Waals surface area contributed by atoms with Crippen LogP contribution in [-0.4, -0.2) is 29.1 Å². The van der Waals surface area contributed by atoms with E-state index in [1.807, 2.05) is 13.8 Å². The molecule has 0 unspecified atom stereocenters. The van der Waals surface area contributed by atoms with E-state index in [2.05, 4.69) is 5.32 Å². The molecule has 2 rings (SSSR count). The van der Waals surface area contributed by atoms with E-state index in [1.54, 1.807) is 32.0 Å². The fourth-order valence-corrected chi connectivity index (χ4v) is 2.97. The number of amides is 1. The van der Waals surface area contributed by atoms with Crippen LogP contribution in [0.5, 0.6) is 5.75 Å². The minimum atomic E-state index is -1.08. The minimum absolute atomic E-state index is 0.208. The van der Waals surface area contributed by atoms with Crippen LogP contribution in [0.2, 0.25) is 0 Å².